The fraction of sp³-hybridized carbons (Fsp3) is 0.227. The number of benzene rings is 2. The molecule has 1 fully saturated rings. The van der Waals surface area contributed by atoms with Crippen molar-refractivity contribution in [3.05, 3.63) is 72.5 Å². The van der Waals surface area contributed by atoms with Crippen LogP contribution in [-0.4, -0.2) is 41.0 Å². The molecule has 0 radical (unpaired) electrons. The Labute approximate surface area is 178 Å². The highest BCUT2D eigenvalue weighted by atomic mass is 32.2. The van der Waals surface area contributed by atoms with E-state index < -0.39 is 15.8 Å². The first-order valence-electron chi connectivity index (χ1n) is 9.95. The maximum Gasteiger partial charge on any atom is 0.266 e. The van der Waals surface area contributed by atoms with Crippen LogP contribution in [-0.2, 0) is 10.0 Å². The number of sulfonamides is 1. The number of hydrogen-bond donors (Lipinski definition) is 0. The number of piperidine rings is 1. The van der Waals surface area contributed by atoms with Gasteiger partial charge in [0.25, 0.3) is 5.89 Å². The molecule has 0 unspecified atom stereocenters. The lowest BCUT2D eigenvalue weighted by Crippen LogP contribution is -2.39. The maximum atomic E-state index is 13.6. The largest absolute Gasteiger partial charge is 0.419 e. The van der Waals surface area contributed by atoms with Crippen molar-refractivity contribution in [3.8, 4) is 11.6 Å². The minimum Gasteiger partial charge on any atom is -0.419 e. The first kappa shape index (κ1) is 19.8. The molecular weight excluding hydrogens is 419 g/mol. The summed E-state index contributed by atoms with van der Waals surface area (Å²) in [7, 11) is -3.81. The Bertz CT molecular complexity index is 1350. The zero-order chi connectivity index (χ0) is 21.4. The van der Waals surface area contributed by atoms with Crippen molar-refractivity contribution in [2.24, 2.45) is 0 Å². The lowest BCUT2D eigenvalue weighted by molar-refractivity contribution is 0.286. The molecule has 0 aliphatic carbocycles. The van der Waals surface area contributed by atoms with Crippen LogP contribution in [0.3, 0.4) is 0 Å². The van der Waals surface area contributed by atoms with Gasteiger partial charge in [0.1, 0.15) is 11.5 Å². The highest BCUT2D eigenvalue weighted by Gasteiger charge is 2.33. The molecule has 0 N–H and O–H groups in total. The van der Waals surface area contributed by atoms with Crippen molar-refractivity contribution in [3.63, 3.8) is 0 Å². The van der Waals surface area contributed by atoms with Gasteiger partial charge in [0, 0.05) is 24.7 Å². The van der Waals surface area contributed by atoms with Crippen molar-refractivity contribution >= 4 is 20.8 Å². The number of fused-ring (bicyclic) bond motifs is 1. The third kappa shape index (κ3) is 3.70. The lowest BCUT2D eigenvalue weighted by atomic mass is 10.00. The van der Waals surface area contributed by atoms with E-state index in [2.05, 4.69) is 15.2 Å². The van der Waals surface area contributed by atoms with E-state index in [9.17, 15) is 12.8 Å². The summed E-state index contributed by atoms with van der Waals surface area (Å²) in [4.78, 5) is 4.34. The fourth-order valence-electron chi connectivity index (χ4n) is 3.92. The summed E-state index contributed by atoms with van der Waals surface area (Å²) in [6, 6.07) is 14.7. The topological polar surface area (TPSA) is 89.2 Å². The van der Waals surface area contributed by atoms with Crippen molar-refractivity contribution < 1.29 is 17.2 Å². The second-order valence-corrected chi connectivity index (χ2v) is 9.42. The zero-order valence-electron chi connectivity index (χ0n) is 16.5. The molecular formula is C22H19FN4O3S. The van der Waals surface area contributed by atoms with Gasteiger partial charge >= 0.3 is 0 Å². The summed E-state index contributed by atoms with van der Waals surface area (Å²) in [5.74, 6) is -0.145. The average molecular weight is 438 g/mol. The number of rotatable bonds is 4. The average Bonchev–Trinajstić information content (AvgIpc) is 3.29. The van der Waals surface area contributed by atoms with Crippen LogP contribution >= 0.6 is 0 Å². The highest BCUT2D eigenvalue weighted by Crippen LogP contribution is 2.32. The first-order valence-corrected chi connectivity index (χ1v) is 11.4. The van der Waals surface area contributed by atoms with Gasteiger partial charge in [-0.15, -0.1) is 10.2 Å². The van der Waals surface area contributed by atoms with Crippen molar-refractivity contribution in [2.75, 3.05) is 13.1 Å². The van der Waals surface area contributed by atoms with E-state index in [0.717, 1.165) is 23.3 Å². The number of hydrogen-bond acceptors (Lipinski definition) is 6. The molecule has 0 amide bonds. The molecule has 2 aromatic carbocycles. The van der Waals surface area contributed by atoms with Crippen molar-refractivity contribution in [1.82, 2.24) is 19.5 Å². The standard InChI is InChI=1S/C22H19FN4O3S/c23-17-7-3-8-18(13-17)31(28,29)27-12-4-6-16(14-27)21-25-26-22(30-21)20-19-9-2-1-5-15(19)10-11-24-20/h1-3,5,7-11,13,16H,4,6,12,14H2/t16-/m0/s1. The predicted molar refractivity (Wildman–Crippen MR) is 112 cm³/mol. The third-order valence-corrected chi connectivity index (χ3v) is 7.35. The van der Waals surface area contributed by atoms with Gasteiger partial charge in [0.2, 0.25) is 15.9 Å². The molecule has 31 heavy (non-hydrogen) atoms. The van der Waals surface area contributed by atoms with Gasteiger partial charge in [-0.3, -0.25) is 4.98 Å². The summed E-state index contributed by atoms with van der Waals surface area (Å²) >= 11 is 0. The molecule has 1 saturated heterocycles. The van der Waals surface area contributed by atoms with Crippen LogP contribution in [0, 0.1) is 5.82 Å². The van der Waals surface area contributed by atoms with Gasteiger partial charge in [-0.2, -0.15) is 4.31 Å². The van der Waals surface area contributed by atoms with Crippen LogP contribution in [0.2, 0.25) is 0 Å². The van der Waals surface area contributed by atoms with Crippen LogP contribution in [0.5, 0.6) is 0 Å². The number of pyridine rings is 1. The molecule has 1 aliphatic heterocycles. The molecule has 2 aromatic heterocycles. The Kier molecular flexibility index (Phi) is 4.99. The van der Waals surface area contributed by atoms with E-state index in [1.165, 1.54) is 22.5 Å². The molecule has 0 spiro atoms. The molecule has 0 bridgehead atoms. The molecule has 3 heterocycles. The number of aromatic nitrogens is 3. The lowest BCUT2D eigenvalue weighted by Gasteiger charge is -2.30. The van der Waals surface area contributed by atoms with Gasteiger partial charge in [-0.25, -0.2) is 12.8 Å². The minimum absolute atomic E-state index is 0.0562. The molecule has 4 aromatic rings. The van der Waals surface area contributed by atoms with E-state index in [-0.39, 0.29) is 17.4 Å². The predicted octanol–water partition coefficient (Wildman–Crippen LogP) is 3.99. The number of halogens is 1. The summed E-state index contributed by atoms with van der Waals surface area (Å²) in [6.45, 7) is 0.560. The first-order chi connectivity index (χ1) is 15.0. The van der Waals surface area contributed by atoms with E-state index in [0.29, 0.717) is 30.4 Å². The van der Waals surface area contributed by atoms with Crippen molar-refractivity contribution in [2.45, 2.75) is 23.7 Å². The molecule has 9 heteroatoms. The molecule has 1 atom stereocenters. The quantitative estimate of drug-likeness (QED) is 0.479. The van der Waals surface area contributed by atoms with Gasteiger partial charge in [0.15, 0.2) is 0 Å². The van der Waals surface area contributed by atoms with E-state index in [4.69, 9.17) is 4.42 Å². The van der Waals surface area contributed by atoms with Crippen LogP contribution in [0.15, 0.2) is 70.1 Å². The summed E-state index contributed by atoms with van der Waals surface area (Å²) in [5, 5.41) is 10.3. The van der Waals surface area contributed by atoms with E-state index >= 15 is 0 Å². The normalized spacial score (nSPS) is 17.8. The van der Waals surface area contributed by atoms with Crippen LogP contribution < -0.4 is 0 Å². The smallest absolute Gasteiger partial charge is 0.266 e. The molecule has 1 aliphatic rings. The molecule has 158 valence electrons. The monoisotopic (exact) mass is 438 g/mol. The Morgan fingerprint density at radius 3 is 2.81 bits per heavy atom. The molecule has 5 rings (SSSR count). The fourth-order valence-corrected chi connectivity index (χ4v) is 5.48. The van der Waals surface area contributed by atoms with Gasteiger partial charge in [-0.1, -0.05) is 30.3 Å². The summed E-state index contributed by atoms with van der Waals surface area (Å²) < 4.78 is 46.8. The van der Waals surface area contributed by atoms with E-state index in [1.54, 1.807) is 6.20 Å². The Morgan fingerprint density at radius 2 is 1.94 bits per heavy atom. The van der Waals surface area contributed by atoms with Gasteiger partial charge in [-0.05, 0) is 42.5 Å². The highest BCUT2D eigenvalue weighted by molar-refractivity contribution is 7.89. The molecule has 7 nitrogen and oxygen atoms in total. The second-order valence-electron chi connectivity index (χ2n) is 7.49. The SMILES string of the molecule is O=S(=O)(c1cccc(F)c1)N1CCC[C@H](c2nnc(-c3nccc4ccccc34)o2)C1. The summed E-state index contributed by atoms with van der Waals surface area (Å²) in [6.07, 6.45) is 3.05. The summed E-state index contributed by atoms with van der Waals surface area (Å²) in [5.41, 5.74) is 0.594. The number of nitrogens with zero attached hydrogens (tertiary/aromatic N) is 4. The van der Waals surface area contributed by atoms with E-state index in [1.807, 2.05) is 30.3 Å². The van der Waals surface area contributed by atoms with Gasteiger partial charge in [0.05, 0.1) is 10.8 Å². The Morgan fingerprint density at radius 1 is 1.06 bits per heavy atom. The van der Waals surface area contributed by atoms with Gasteiger partial charge < -0.3 is 4.42 Å². The molecule has 0 saturated carbocycles. The van der Waals surface area contributed by atoms with Crippen LogP contribution in [0.4, 0.5) is 4.39 Å². The van der Waals surface area contributed by atoms with Crippen molar-refractivity contribution in [1.29, 1.82) is 0 Å². The Hall–Kier alpha value is -3.17. The van der Waals surface area contributed by atoms with Crippen LogP contribution in [0.25, 0.3) is 22.4 Å². The van der Waals surface area contributed by atoms with Crippen LogP contribution in [0.1, 0.15) is 24.7 Å². The second kappa shape index (κ2) is 7.82. The minimum atomic E-state index is -3.81. The zero-order valence-corrected chi connectivity index (χ0v) is 17.3. The maximum absolute atomic E-state index is 13.6. The third-order valence-electron chi connectivity index (χ3n) is 5.48. The Balaban J connectivity index is 1.42.